The molecule has 0 heteroatoms. The van der Waals surface area contributed by atoms with E-state index in [0.717, 1.165) is 6.42 Å². The van der Waals surface area contributed by atoms with Gasteiger partial charge in [-0.3, -0.25) is 0 Å². The second-order valence-electron chi connectivity index (χ2n) is 7.62. The van der Waals surface area contributed by atoms with Crippen molar-refractivity contribution in [1.82, 2.24) is 0 Å². The molecule has 0 atom stereocenters. The molecular weight excluding hydrogens is 252 g/mol. The smallest absolute Gasteiger partial charge is 0.0154 e. The van der Waals surface area contributed by atoms with Gasteiger partial charge in [0.15, 0.2) is 0 Å². The average molecular weight is 280 g/mol. The molecule has 2 rings (SSSR count). The normalized spacial score (nSPS) is 11.8. The van der Waals surface area contributed by atoms with E-state index in [1.807, 2.05) is 0 Å². The largest absolute Gasteiger partial charge is 0.0599 e. The predicted octanol–water partition coefficient (Wildman–Crippen LogP) is 6.18. The third-order valence-electron chi connectivity index (χ3n) is 4.26. The van der Waals surface area contributed by atoms with Crippen LogP contribution in [-0.2, 0) is 6.42 Å². The van der Waals surface area contributed by atoms with Crippen molar-refractivity contribution in [2.75, 3.05) is 0 Å². The summed E-state index contributed by atoms with van der Waals surface area (Å²) in [5, 5.41) is 0. The topological polar surface area (TPSA) is 0 Å². The Morgan fingerprint density at radius 3 is 1.81 bits per heavy atom. The number of hydrogen-bond donors (Lipinski definition) is 0. The van der Waals surface area contributed by atoms with Gasteiger partial charge in [0.05, 0.1) is 0 Å². The predicted molar refractivity (Wildman–Crippen MR) is 94.0 cm³/mol. The Hall–Kier alpha value is -1.56. The number of hydrogen-bond acceptors (Lipinski definition) is 0. The van der Waals surface area contributed by atoms with Crippen molar-refractivity contribution in [1.29, 1.82) is 0 Å². The molecule has 0 aliphatic rings. The Balaban J connectivity index is 2.42. The highest BCUT2D eigenvalue weighted by molar-refractivity contribution is 5.69. The minimum absolute atomic E-state index is 0.338. The molecule has 0 aliphatic heterocycles. The molecule has 0 amide bonds. The van der Waals surface area contributed by atoms with E-state index in [0.29, 0.717) is 5.41 Å². The summed E-state index contributed by atoms with van der Waals surface area (Å²) in [4.78, 5) is 0. The van der Waals surface area contributed by atoms with Crippen molar-refractivity contribution >= 4 is 0 Å². The van der Waals surface area contributed by atoms with Crippen molar-refractivity contribution in [2.45, 2.75) is 54.9 Å². The average Bonchev–Trinajstić information content (AvgIpc) is 2.33. The summed E-state index contributed by atoms with van der Waals surface area (Å²) < 4.78 is 0. The lowest BCUT2D eigenvalue weighted by Gasteiger charge is -2.19. The maximum Gasteiger partial charge on any atom is -0.0154 e. The quantitative estimate of drug-likeness (QED) is 0.616. The van der Waals surface area contributed by atoms with Crippen molar-refractivity contribution in [3.05, 3.63) is 58.1 Å². The number of rotatable bonds is 2. The maximum absolute atomic E-state index is 2.35. The lowest BCUT2D eigenvalue weighted by molar-refractivity contribution is 0.411. The molecule has 0 saturated carbocycles. The first-order valence-corrected chi connectivity index (χ1v) is 7.85. The van der Waals surface area contributed by atoms with Crippen LogP contribution < -0.4 is 0 Å². The maximum atomic E-state index is 2.35. The summed E-state index contributed by atoms with van der Waals surface area (Å²) in [5.41, 5.74) is 10.0. The van der Waals surface area contributed by atoms with Gasteiger partial charge in [-0.25, -0.2) is 0 Å². The fourth-order valence-electron chi connectivity index (χ4n) is 2.96. The van der Waals surface area contributed by atoms with Crippen molar-refractivity contribution in [3.8, 4) is 11.1 Å². The third kappa shape index (κ3) is 3.75. The van der Waals surface area contributed by atoms with E-state index in [1.54, 1.807) is 0 Å². The second kappa shape index (κ2) is 5.67. The summed E-state index contributed by atoms with van der Waals surface area (Å²) >= 11 is 0. The molecule has 0 nitrogen and oxygen atoms in total. The molecule has 0 saturated heterocycles. The van der Waals surface area contributed by atoms with E-state index in [1.165, 1.54) is 38.9 Å². The van der Waals surface area contributed by atoms with E-state index >= 15 is 0 Å². The minimum Gasteiger partial charge on any atom is -0.0599 e. The monoisotopic (exact) mass is 280 g/mol. The van der Waals surface area contributed by atoms with E-state index in [9.17, 15) is 0 Å². The van der Waals surface area contributed by atoms with Gasteiger partial charge in [-0.15, -0.1) is 0 Å². The van der Waals surface area contributed by atoms with Gasteiger partial charge >= 0.3 is 0 Å². The zero-order valence-corrected chi connectivity index (χ0v) is 14.6. The second-order valence-corrected chi connectivity index (χ2v) is 7.62. The molecule has 0 heterocycles. The zero-order chi connectivity index (χ0) is 15.8. The summed E-state index contributed by atoms with van der Waals surface area (Å²) in [7, 11) is 0. The fourth-order valence-corrected chi connectivity index (χ4v) is 2.96. The zero-order valence-electron chi connectivity index (χ0n) is 14.6. The van der Waals surface area contributed by atoms with Crippen molar-refractivity contribution in [3.63, 3.8) is 0 Å². The van der Waals surface area contributed by atoms with E-state index in [-0.39, 0.29) is 0 Å². The molecule has 2 aromatic rings. The Bertz CT molecular complexity index is 631. The van der Waals surface area contributed by atoms with Crippen LogP contribution >= 0.6 is 0 Å². The highest BCUT2D eigenvalue weighted by Crippen LogP contribution is 2.29. The van der Waals surface area contributed by atoms with Crippen LogP contribution in [0.5, 0.6) is 0 Å². The summed E-state index contributed by atoms with van der Waals surface area (Å²) in [5.74, 6) is 0. The van der Waals surface area contributed by atoms with Crippen LogP contribution in [0.3, 0.4) is 0 Å². The van der Waals surface area contributed by atoms with Gasteiger partial charge in [0.25, 0.3) is 0 Å². The van der Waals surface area contributed by atoms with E-state index in [2.05, 4.69) is 78.8 Å². The van der Waals surface area contributed by atoms with Crippen molar-refractivity contribution in [2.24, 2.45) is 5.41 Å². The SMILES string of the molecule is Cc1cc(CC(C)(C)C)ccc1-c1cc(C)c(C)c(C)c1. The third-order valence-corrected chi connectivity index (χ3v) is 4.26. The van der Waals surface area contributed by atoms with Crippen LogP contribution in [0.2, 0.25) is 0 Å². The van der Waals surface area contributed by atoms with Gasteiger partial charge < -0.3 is 0 Å². The molecule has 0 unspecified atom stereocenters. The molecule has 0 bridgehead atoms. The van der Waals surface area contributed by atoms with E-state index < -0.39 is 0 Å². The molecule has 0 aromatic heterocycles. The highest BCUT2D eigenvalue weighted by Gasteiger charge is 2.12. The number of benzene rings is 2. The van der Waals surface area contributed by atoms with Crippen molar-refractivity contribution < 1.29 is 0 Å². The molecule has 0 aliphatic carbocycles. The summed E-state index contributed by atoms with van der Waals surface area (Å²) in [6.45, 7) is 15.7. The fraction of sp³-hybridized carbons (Fsp3) is 0.429. The van der Waals surface area contributed by atoms with Crippen LogP contribution in [-0.4, -0.2) is 0 Å². The standard InChI is InChI=1S/C21H28/c1-14-11-19(12-15(2)17(14)4)20-9-8-18(10-16(20)3)13-21(5,6)7/h8-12H,13H2,1-7H3. The Labute approximate surface area is 130 Å². The van der Waals surface area contributed by atoms with Crippen LogP contribution in [0.1, 0.15) is 48.6 Å². The molecule has 0 radical (unpaired) electrons. The van der Waals surface area contributed by atoms with Gasteiger partial charge in [-0.2, -0.15) is 0 Å². The first kappa shape index (κ1) is 15.8. The first-order valence-electron chi connectivity index (χ1n) is 7.85. The van der Waals surface area contributed by atoms with Crippen LogP contribution in [0.4, 0.5) is 0 Å². The molecular formula is C21H28. The molecule has 21 heavy (non-hydrogen) atoms. The van der Waals surface area contributed by atoms with Gasteiger partial charge in [0.1, 0.15) is 0 Å². The molecule has 0 N–H and O–H groups in total. The molecule has 0 fully saturated rings. The van der Waals surface area contributed by atoms with Gasteiger partial charge in [-0.1, -0.05) is 51.1 Å². The van der Waals surface area contributed by atoms with Gasteiger partial charge in [-0.05, 0) is 78.5 Å². The molecule has 2 aromatic carbocycles. The summed E-state index contributed by atoms with van der Waals surface area (Å²) in [6, 6.07) is 11.6. The molecule has 0 spiro atoms. The van der Waals surface area contributed by atoms with Crippen LogP contribution in [0, 0.1) is 33.1 Å². The van der Waals surface area contributed by atoms with Crippen LogP contribution in [0.15, 0.2) is 30.3 Å². The Morgan fingerprint density at radius 2 is 1.33 bits per heavy atom. The molecule has 112 valence electrons. The Kier molecular flexibility index (Phi) is 4.27. The highest BCUT2D eigenvalue weighted by atomic mass is 14.2. The first-order chi connectivity index (χ1) is 9.67. The number of aryl methyl sites for hydroxylation is 3. The minimum atomic E-state index is 0.338. The summed E-state index contributed by atoms with van der Waals surface area (Å²) in [6.07, 6.45) is 1.13. The lowest BCUT2D eigenvalue weighted by atomic mass is 9.86. The Morgan fingerprint density at radius 1 is 0.762 bits per heavy atom. The van der Waals surface area contributed by atoms with E-state index in [4.69, 9.17) is 0 Å². The van der Waals surface area contributed by atoms with Crippen LogP contribution in [0.25, 0.3) is 11.1 Å². The van der Waals surface area contributed by atoms with Gasteiger partial charge in [0.2, 0.25) is 0 Å². The lowest BCUT2D eigenvalue weighted by Crippen LogP contribution is -2.09. The van der Waals surface area contributed by atoms with Gasteiger partial charge in [0, 0.05) is 0 Å².